The van der Waals surface area contributed by atoms with E-state index in [1.807, 2.05) is 20.9 Å². The zero-order valence-electron chi connectivity index (χ0n) is 9.02. The van der Waals surface area contributed by atoms with Crippen molar-refractivity contribution in [3.63, 3.8) is 0 Å². The number of hydrogen-bond donors (Lipinski definition) is 1. The molecular weight excluding hydrogens is 181 g/mol. The molecule has 1 N–H and O–H groups in total. The molecule has 78 valence electrons. The average Bonchev–Trinajstić information content (AvgIpc) is 2.17. The minimum Gasteiger partial charge on any atom is -0.497 e. The van der Waals surface area contributed by atoms with E-state index in [9.17, 15) is 4.39 Å². The molecule has 1 aromatic rings. The molecule has 0 saturated heterocycles. The van der Waals surface area contributed by atoms with E-state index >= 15 is 0 Å². The van der Waals surface area contributed by atoms with Crippen LogP contribution in [0.2, 0.25) is 0 Å². The second-order valence-corrected chi connectivity index (χ2v) is 3.72. The molecule has 14 heavy (non-hydrogen) atoms. The van der Waals surface area contributed by atoms with Gasteiger partial charge in [0.2, 0.25) is 0 Å². The number of benzene rings is 1. The van der Waals surface area contributed by atoms with Gasteiger partial charge in [-0.25, -0.2) is 4.39 Å². The van der Waals surface area contributed by atoms with Gasteiger partial charge in [-0.1, -0.05) is 6.07 Å². The average molecular weight is 197 g/mol. The Bertz CT molecular complexity index is 323. The number of methoxy groups -OCH3 is 1. The fourth-order valence-corrected chi connectivity index (χ4v) is 1.26. The zero-order chi connectivity index (χ0) is 10.8. The van der Waals surface area contributed by atoms with Gasteiger partial charge in [0.05, 0.1) is 7.11 Å². The van der Waals surface area contributed by atoms with Gasteiger partial charge in [-0.05, 0) is 27.0 Å². The molecule has 0 unspecified atom stereocenters. The van der Waals surface area contributed by atoms with Crippen LogP contribution in [0.5, 0.6) is 5.75 Å². The smallest absolute Gasteiger partial charge is 0.131 e. The van der Waals surface area contributed by atoms with Gasteiger partial charge in [-0.3, -0.25) is 0 Å². The SMILES string of the molecule is CNC(C)(C)c1ccc(OC)cc1F. The summed E-state index contributed by atoms with van der Waals surface area (Å²) in [6.45, 7) is 3.86. The number of ether oxygens (including phenoxy) is 1. The summed E-state index contributed by atoms with van der Waals surface area (Å²) in [5, 5.41) is 3.06. The normalized spacial score (nSPS) is 11.5. The van der Waals surface area contributed by atoms with Gasteiger partial charge >= 0.3 is 0 Å². The lowest BCUT2D eigenvalue weighted by molar-refractivity contribution is 0.398. The van der Waals surface area contributed by atoms with Gasteiger partial charge in [0.1, 0.15) is 11.6 Å². The third-order valence-corrected chi connectivity index (χ3v) is 2.47. The van der Waals surface area contributed by atoms with Crippen LogP contribution in [0.25, 0.3) is 0 Å². The van der Waals surface area contributed by atoms with Crippen LogP contribution in [0.1, 0.15) is 19.4 Å². The molecule has 0 atom stereocenters. The van der Waals surface area contributed by atoms with Gasteiger partial charge in [0, 0.05) is 17.2 Å². The van der Waals surface area contributed by atoms with Crippen LogP contribution in [0.3, 0.4) is 0 Å². The first kappa shape index (κ1) is 11.0. The molecule has 0 heterocycles. The molecular formula is C11H16FNO. The summed E-state index contributed by atoms with van der Waals surface area (Å²) in [6.07, 6.45) is 0. The quantitative estimate of drug-likeness (QED) is 0.802. The van der Waals surface area contributed by atoms with Crippen LogP contribution in [-0.4, -0.2) is 14.2 Å². The molecule has 3 heteroatoms. The van der Waals surface area contributed by atoms with Crippen LogP contribution >= 0.6 is 0 Å². The van der Waals surface area contributed by atoms with Gasteiger partial charge in [0.15, 0.2) is 0 Å². The van der Waals surface area contributed by atoms with E-state index < -0.39 is 0 Å². The van der Waals surface area contributed by atoms with Crippen LogP contribution < -0.4 is 10.1 Å². The first-order chi connectivity index (χ1) is 6.51. The maximum absolute atomic E-state index is 13.6. The van der Waals surface area contributed by atoms with Crippen molar-refractivity contribution in [1.29, 1.82) is 0 Å². The highest BCUT2D eigenvalue weighted by atomic mass is 19.1. The van der Waals surface area contributed by atoms with Crippen LogP contribution in [0.4, 0.5) is 4.39 Å². The second-order valence-electron chi connectivity index (χ2n) is 3.72. The molecule has 0 spiro atoms. The molecule has 0 saturated carbocycles. The van der Waals surface area contributed by atoms with Crippen molar-refractivity contribution < 1.29 is 9.13 Å². The number of halogens is 1. The Morgan fingerprint density at radius 2 is 2.00 bits per heavy atom. The van der Waals surface area contributed by atoms with Crippen LogP contribution in [0, 0.1) is 5.82 Å². The molecule has 0 aliphatic carbocycles. The summed E-state index contributed by atoms with van der Waals surface area (Å²) < 4.78 is 18.5. The van der Waals surface area contributed by atoms with Crippen molar-refractivity contribution in [2.24, 2.45) is 0 Å². The molecule has 1 rings (SSSR count). The van der Waals surface area contributed by atoms with E-state index in [1.165, 1.54) is 13.2 Å². The van der Waals surface area contributed by atoms with Gasteiger partial charge < -0.3 is 10.1 Å². The molecule has 0 amide bonds. The molecule has 0 radical (unpaired) electrons. The number of rotatable bonds is 3. The Morgan fingerprint density at radius 3 is 2.43 bits per heavy atom. The Hall–Kier alpha value is -1.09. The molecule has 0 aromatic heterocycles. The summed E-state index contributed by atoms with van der Waals surface area (Å²) in [5.74, 6) is 0.293. The highest BCUT2D eigenvalue weighted by Gasteiger charge is 2.21. The summed E-state index contributed by atoms with van der Waals surface area (Å²) in [7, 11) is 3.33. The Labute approximate surface area is 84.1 Å². The predicted octanol–water partition coefficient (Wildman–Crippen LogP) is 2.29. The highest BCUT2D eigenvalue weighted by molar-refractivity contribution is 5.32. The predicted molar refractivity (Wildman–Crippen MR) is 55.0 cm³/mol. The van der Waals surface area contributed by atoms with E-state index in [-0.39, 0.29) is 11.4 Å². The second kappa shape index (κ2) is 3.96. The fourth-order valence-electron chi connectivity index (χ4n) is 1.26. The van der Waals surface area contributed by atoms with Crippen molar-refractivity contribution in [2.45, 2.75) is 19.4 Å². The van der Waals surface area contributed by atoms with E-state index in [4.69, 9.17) is 4.74 Å². The monoisotopic (exact) mass is 197 g/mol. The Balaban J connectivity index is 3.12. The molecule has 0 fully saturated rings. The first-order valence-corrected chi connectivity index (χ1v) is 4.54. The van der Waals surface area contributed by atoms with Gasteiger partial charge in [0.25, 0.3) is 0 Å². The third kappa shape index (κ3) is 2.04. The topological polar surface area (TPSA) is 21.3 Å². The zero-order valence-corrected chi connectivity index (χ0v) is 9.02. The summed E-state index contributed by atoms with van der Waals surface area (Å²) >= 11 is 0. The molecule has 2 nitrogen and oxygen atoms in total. The fraction of sp³-hybridized carbons (Fsp3) is 0.455. The summed E-state index contributed by atoms with van der Waals surface area (Å²) in [6, 6.07) is 4.90. The van der Waals surface area contributed by atoms with E-state index in [1.54, 1.807) is 12.1 Å². The summed E-state index contributed by atoms with van der Waals surface area (Å²) in [5.41, 5.74) is 0.275. The summed E-state index contributed by atoms with van der Waals surface area (Å²) in [4.78, 5) is 0. The van der Waals surface area contributed by atoms with Crippen molar-refractivity contribution in [3.8, 4) is 5.75 Å². The van der Waals surface area contributed by atoms with Crippen LogP contribution in [-0.2, 0) is 5.54 Å². The lowest BCUT2D eigenvalue weighted by atomic mass is 9.94. The van der Waals surface area contributed by atoms with Crippen molar-refractivity contribution in [1.82, 2.24) is 5.32 Å². The Morgan fingerprint density at radius 1 is 1.36 bits per heavy atom. The minimum absolute atomic E-state index is 0.247. The minimum atomic E-state index is -0.365. The lowest BCUT2D eigenvalue weighted by Crippen LogP contribution is -2.34. The van der Waals surface area contributed by atoms with Crippen molar-refractivity contribution >= 4 is 0 Å². The molecule has 0 bridgehead atoms. The van der Waals surface area contributed by atoms with E-state index in [0.29, 0.717) is 11.3 Å². The van der Waals surface area contributed by atoms with Crippen molar-refractivity contribution in [3.05, 3.63) is 29.6 Å². The molecule has 0 aliphatic rings. The first-order valence-electron chi connectivity index (χ1n) is 4.54. The highest BCUT2D eigenvalue weighted by Crippen LogP contribution is 2.25. The number of nitrogens with one attached hydrogen (secondary N) is 1. The Kier molecular flexibility index (Phi) is 3.11. The maximum Gasteiger partial charge on any atom is 0.131 e. The van der Waals surface area contributed by atoms with Crippen molar-refractivity contribution in [2.75, 3.05) is 14.2 Å². The standard InChI is InChI=1S/C11H16FNO/c1-11(2,13-3)9-6-5-8(14-4)7-10(9)12/h5-7,13H,1-4H3. The maximum atomic E-state index is 13.6. The van der Waals surface area contributed by atoms with Gasteiger partial charge in [-0.15, -0.1) is 0 Å². The largest absolute Gasteiger partial charge is 0.497 e. The van der Waals surface area contributed by atoms with E-state index in [2.05, 4.69) is 5.32 Å². The number of hydrogen-bond acceptors (Lipinski definition) is 2. The lowest BCUT2D eigenvalue weighted by Gasteiger charge is -2.25. The van der Waals surface area contributed by atoms with E-state index in [0.717, 1.165) is 0 Å². The third-order valence-electron chi connectivity index (χ3n) is 2.47. The molecule has 1 aromatic carbocycles. The molecule has 0 aliphatic heterocycles. The van der Waals surface area contributed by atoms with Gasteiger partial charge in [-0.2, -0.15) is 0 Å². The van der Waals surface area contributed by atoms with Crippen LogP contribution in [0.15, 0.2) is 18.2 Å².